The van der Waals surface area contributed by atoms with Crippen molar-refractivity contribution in [2.45, 2.75) is 32.6 Å². The molecule has 0 aliphatic carbocycles. The molecule has 5 nitrogen and oxygen atoms in total. The first-order chi connectivity index (χ1) is 10.6. The van der Waals surface area contributed by atoms with Crippen LogP contribution in [0.2, 0.25) is 0 Å². The van der Waals surface area contributed by atoms with E-state index in [0.29, 0.717) is 12.3 Å². The molecule has 124 valence electrons. The smallest absolute Gasteiger partial charge is 0.333 e. The molecule has 1 atom stereocenters. The van der Waals surface area contributed by atoms with E-state index in [-0.39, 0.29) is 5.91 Å². The summed E-state index contributed by atoms with van der Waals surface area (Å²) in [7, 11) is 1.35. The summed E-state index contributed by atoms with van der Waals surface area (Å²) in [5, 5.41) is 0.723. The van der Waals surface area contributed by atoms with Crippen LogP contribution < -0.4 is 0 Å². The maximum atomic E-state index is 11.9. The summed E-state index contributed by atoms with van der Waals surface area (Å²) >= 11 is 1.41. The Morgan fingerprint density at radius 1 is 1.36 bits per heavy atom. The van der Waals surface area contributed by atoms with Gasteiger partial charge in [0.05, 0.1) is 24.0 Å². The maximum Gasteiger partial charge on any atom is 0.333 e. The second-order valence-electron chi connectivity index (χ2n) is 6.07. The average molecular weight is 326 g/mol. The number of rotatable bonds is 5. The van der Waals surface area contributed by atoms with Crippen LogP contribution in [0.15, 0.2) is 11.1 Å². The Morgan fingerprint density at radius 2 is 2.18 bits per heavy atom. The van der Waals surface area contributed by atoms with Crippen molar-refractivity contribution in [1.29, 1.82) is 0 Å². The highest BCUT2D eigenvalue weighted by molar-refractivity contribution is 8.04. The lowest BCUT2D eigenvalue weighted by Gasteiger charge is -2.22. The van der Waals surface area contributed by atoms with Crippen molar-refractivity contribution < 1.29 is 14.3 Å². The second-order valence-corrected chi connectivity index (χ2v) is 7.07. The molecular weight excluding hydrogens is 300 g/mol. The third kappa shape index (κ3) is 5.02. The molecule has 2 saturated heterocycles. The van der Waals surface area contributed by atoms with Gasteiger partial charge in [-0.2, -0.15) is 0 Å². The Hall–Kier alpha value is -1.01. The lowest BCUT2D eigenvalue weighted by molar-refractivity contribution is -0.134. The van der Waals surface area contributed by atoms with Crippen LogP contribution in [0.4, 0.5) is 0 Å². The lowest BCUT2D eigenvalue weighted by atomic mass is 10.0. The van der Waals surface area contributed by atoms with Gasteiger partial charge in [-0.3, -0.25) is 4.79 Å². The van der Waals surface area contributed by atoms with Gasteiger partial charge in [-0.05, 0) is 51.2 Å². The zero-order valence-corrected chi connectivity index (χ0v) is 14.4. The number of nitrogens with zero attached hydrogens (tertiary/aromatic N) is 2. The number of likely N-dealkylation sites (tertiary alicyclic amines) is 1. The zero-order chi connectivity index (χ0) is 15.9. The van der Waals surface area contributed by atoms with Crippen LogP contribution in [-0.4, -0.2) is 60.7 Å². The molecule has 0 bridgehead atoms. The zero-order valence-electron chi connectivity index (χ0n) is 13.5. The molecule has 0 spiro atoms. The summed E-state index contributed by atoms with van der Waals surface area (Å²) < 4.78 is 4.64. The van der Waals surface area contributed by atoms with Crippen LogP contribution >= 0.6 is 11.8 Å². The summed E-state index contributed by atoms with van der Waals surface area (Å²) in [6, 6.07) is 0. The summed E-state index contributed by atoms with van der Waals surface area (Å²) in [6.07, 6.45) is 6.23. The molecule has 1 unspecified atom stereocenters. The van der Waals surface area contributed by atoms with Crippen LogP contribution in [0.1, 0.15) is 32.6 Å². The van der Waals surface area contributed by atoms with Crippen molar-refractivity contribution >= 4 is 23.6 Å². The van der Waals surface area contributed by atoms with E-state index in [1.807, 2.05) is 0 Å². The quantitative estimate of drug-likeness (QED) is 0.572. The molecule has 0 aromatic carbocycles. The fourth-order valence-corrected chi connectivity index (χ4v) is 3.88. The summed E-state index contributed by atoms with van der Waals surface area (Å²) in [4.78, 5) is 27.5. The Bertz CT molecular complexity index is 439. The van der Waals surface area contributed by atoms with Crippen molar-refractivity contribution in [3.8, 4) is 0 Å². The Balaban J connectivity index is 1.80. The Kier molecular flexibility index (Phi) is 6.76. The van der Waals surface area contributed by atoms with E-state index in [0.717, 1.165) is 37.0 Å². The molecule has 0 aromatic rings. The van der Waals surface area contributed by atoms with Gasteiger partial charge in [-0.25, -0.2) is 4.79 Å². The van der Waals surface area contributed by atoms with Gasteiger partial charge in [0.25, 0.3) is 0 Å². The molecular formula is C16H26N2O3S. The van der Waals surface area contributed by atoms with E-state index in [9.17, 15) is 9.59 Å². The van der Waals surface area contributed by atoms with E-state index in [1.165, 1.54) is 44.2 Å². The van der Waals surface area contributed by atoms with Crippen LogP contribution in [-0.2, 0) is 14.3 Å². The molecule has 0 saturated carbocycles. The predicted molar refractivity (Wildman–Crippen MR) is 88.3 cm³/mol. The Morgan fingerprint density at radius 3 is 2.95 bits per heavy atom. The fraction of sp³-hybridized carbons (Fsp3) is 0.750. The highest BCUT2D eigenvalue weighted by Crippen LogP contribution is 2.29. The number of thioether (sulfide) groups is 1. The monoisotopic (exact) mass is 326 g/mol. The first-order valence-electron chi connectivity index (χ1n) is 8.05. The minimum Gasteiger partial charge on any atom is -0.466 e. The number of amides is 1. The summed E-state index contributed by atoms with van der Waals surface area (Å²) in [5.41, 5.74) is 0. The van der Waals surface area contributed by atoms with Crippen LogP contribution in [0.5, 0.6) is 0 Å². The molecule has 0 N–H and O–H groups in total. The van der Waals surface area contributed by atoms with E-state index in [1.54, 1.807) is 4.90 Å². The first-order valence-corrected chi connectivity index (χ1v) is 9.04. The number of esters is 1. The fourth-order valence-electron chi connectivity index (χ4n) is 2.93. The molecule has 0 radical (unpaired) electrons. The number of ether oxygens (including phenoxy) is 1. The van der Waals surface area contributed by atoms with Crippen LogP contribution in [0.3, 0.4) is 0 Å². The van der Waals surface area contributed by atoms with Gasteiger partial charge in [0.2, 0.25) is 5.91 Å². The largest absolute Gasteiger partial charge is 0.466 e. The topological polar surface area (TPSA) is 49.9 Å². The van der Waals surface area contributed by atoms with Gasteiger partial charge < -0.3 is 14.5 Å². The van der Waals surface area contributed by atoms with Crippen molar-refractivity contribution in [1.82, 2.24) is 9.80 Å². The maximum absolute atomic E-state index is 11.9. The molecule has 6 heteroatoms. The van der Waals surface area contributed by atoms with Gasteiger partial charge in [-0.15, -0.1) is 0 Å². The van der Waals surface area contributed by atoms with Crippen molar-refractivity contribution in [2.75, 3.05) is 39.0 Å². The SMILES string of the molecule is COC(=O)C=C1SCC(=O)N1CCCN1CCCC(C)CC1. The normalized spacial score (nSPS) is 25.5. The molecule has 2 fully saturated rings. The summed E-state index contributed by atoms with van der Waals surface area (Å²) in [5.74, 6) is 0.939. The number of carbonyl (C=O) groups is 2. The van der Waals surface area contributed by atoms with E-state index < -0.39 is 5.97 Å². The minimum atomic E-state index is -0.399. The molecule has 2 aliphatic heterocycles. The van der Waals surface area contributed by atoms with Crippen molar-refractivity contribution in [3.05, 3.63) is 11.1 Å². The van der Waals surface area contributed by atoms with Crippen molar-refractivity contribution in [2.24, 2.45) is 5.92 Å². The van der Waals surface area contributed by atoms with Gasteiger partial charge in [-0.1, -0.05) is 18.7 Å². The van der Waals surface area contributed by atoms with Crippen molar-refractivity contribution in [3.63, 3.8) is 0 Å². The third-order valence-electron chi connectivity index (χ3n) is 4.32. The standard InChI is InChI=1S/C16H26N2O3S/c1-13-5-3-7-17(10-6-13)8-4-9-18-14(19)12-22-15(18)11-16(20)21-2/h11,13H,3-10,12H2,1-2H3. The number of hydrogen-bond acceptors (Lipinski definition) is 5. The number of hydrogen-bond donors (Lipinski definition) is 0. The Labute approximate surface area is 137 Å². The molecule has 2 heterocycles. The highest BCUT2D eigenvalue weighted by atomic mass is 32.2. The number of methoxy groups -OCH3 is 1. The molecule has 22 heavy (non-hydrogen) atoms. The molecule has 1 amide bonds. The van der Waals surface area contributed by atoms with Crippen LogP contribution in [0, 0.1) is 5.92 Å². The minimum absolute atomic E-state index is 0.0876. The van der Waals surface area contributed by atoms with E-state index in [2.05, 4.69) is 16.6 Å². The van der Waals surface area contributed by atoms with E-state index in [4.69, 9.17) is 0 Å². The second kappa shape index (κ2) is 8.58. The molecule has 0 aromatic heterocycles. The third-order valence-corrected chi connectivity index (χ3v) is 5.34. The first kappa shape index (κ1) is 17.3. The van der Waals surface area contributed by atoms with Gasteiger partial charge in [0.1, 0.15) is 0 Å². The average Bonchev–Trinajstić information content (AvgIpc) is 2.71. The molecule has 2 aliphatic rings. The predicted octanol–water partition coefficient (Wildman–Crippen LogP) is 2.09. The van der Waals surface area contributed by atoms with Gasteiger partial charge in [0.15, 0.2) is 0 Å². The van der Waals surface area contributed by atoms with Crippen LogP contribution in [0.25, 0.3) is 0 Å². The van der Waals surface area contributed by atoms with Gasteiger partial charge in [0, 0.05) is 6.54 Å². The highest BCUT2D eigenvalue weighted by Gasteiger charge is 2.27. The van der Waals surface area contributed by atoms with Gasteiger partial charge >= 0.3 is 5.97 Å². The number of carbonyl (C=O) groups excluding carboxylic acids is 2. The lowest BCUT2D eigenvalue weighted by Crippen LogP contribution is -2.31. The molecule has 2 rings (SSSR count). The summed E-state index contributed by atoms with van der Waals surface area (Å²) in [6.45, 7) is 6.35. The van der Waals surface area contributed by atoms with E-state index >= 15 is 0 Å².